The summed E-state index contributed by atoms with van der Waals surface area (Å²) in [4.78, 5) is 27.9. The van der Waals surface area contributed by atoms with E-state index in [0.717, 1.165) is 23.7 Å². The standard InChI is InChI=1S/C9H11IN2O2/c10-4-7-8(11-5-13)2-1-3-9(7)12-6-14/h7-9H,1-4H2. The summed E-state index contributed by atoms with van der Waals surface area (Å²) in [6.45, 7) is 0. The molecule has 1 fully saturated rings. The van der Waals surface area contributed by atoms with Crippen LogP contribution in [0, 0.1) is 5.92 Å². The first-order valence-electron chi connectivity index (χ1n) is 4.53. The molecule has 0 saturated heterocycles. The molecule has 2 unspecified atom stereocenters. The molecule has 4 nitrogen and oxygen atoms in total. The Bertz CT molecular complexity index is 257. The van der Waals surface area contributed by atoms with Crippen LogP contribution in [0.4, 0.5) is 0 Å². The van der Waals surface area contributed by atoms with Gasteiger partial charge in [-0.25, -0.2) is 19.6 Å². The third-order valence-electron chi connectivity index (χ3n) is 2.60. The van der Waals surface area contributed by atoms with Crippen LogP contribution >= 0.6 is 22.6 Å². The fourth-order valence-electron chi connectivity index (χ4n) is 1.88. The minimum Gasteiger partial charge on any atom is -0.211 e. The highest BCUT2D eigenvalue weighted by molar-refractivity contribution is 14.1. The SMILES string of the molecule is O=C=NC1CCCC(N=C=O)C1CI. The Hall–Kier alpha value is -0.510. The van der Waals surface area contributed by atoms with E-state index in [2.05, 4.69) is 32.6 Å². The number of isocyanates is 2. The van der Waals surface area contributed by atoms with Gasteiger partial charge in [-0.3, -0.25) is 0 Å². The topological polar surface area (TPSA) is 58.9 Å². The summed E-state index contributed by atoms with van der Waals surface area (Å²) in [7, 11) is 0. The van der Waals surface area contributed by atoms with Crippen molar-refractivity contribution in [3.05, 3.63) is 0 Å². The van der Waals surface area contributed by atoms with Crippen LogP contribution in [0.1, 0.15) is 19.3 Å². The second-order valence-electron chi connectivity index (χ2n) is 3.32. The van der Waals surface area contributed by atoms with Crippen molar-refractivity contribution in [3.63, 3.8) is 0 Å². The average molecular weight is 306 g/mol. The predicted octanol–water partition coefficient (Wildman–Crippen LogP) is 1.63. The summed E-state index contributed by atoms with van der Waals surface area (Å²) in [6.07, 6.45) is 5.94. The van der Waals surface area contributed by atoms with Gasteiger partial charge in [0.1, 0.15) is 0 Å². The van der Waals surface area contributed by atoms with Crippen molar-refractivity contribution < 1.29 is 9.59 Å². The van der Waals surface area contributed by atoms with Gasteiger partial charge in [-0.2, -0.15) is 0 Å². The summed E-state index contributed by atoms with van der Waals surface area (Å²) >= 11 is 2.24. The van der Waals surface area contributed by atoms with Crippen molar-refractivity contribution in [2.45, 2.75) is 31.3 Å². The highest BCUT2D eigenvalue weighted by Gasteiger charge is 2.32. The van der Waals surface area contributed by atoms with Crippen molar-refractivity contribution in [1.82, 2.24) is 0 Å². The van der Waals surface area contributed by atoms with Crippen LogP contribution < -0.4 is 0 Å². The highest BCUT2D eigenvalue weighted by Crippen LogP contribution is 2.30. The number of aliphatic imine (C=N–C) groups is 2. The molecule has 5 heteroatoms. The zero-order chi connectivity index (χ0) is 10.4. The number of rotatable bonds is 3. The van der Waals surface area contributed by atoms with Crippen LogP contribution in [-0.2, 0) is 9.59 Å². The monoisotopic (exact) mass is 306 g/mol. The predicted molar refractivity (Wildman–Crippen MR) is 60.0 cm³/mol. The quantitative estimate of drug-likeness (QED) is 0.344. The van der Waals surface area contributed by atoms with Crippen molar-refractivity contribution in [2.24, 2.45) is 15.9 Å². The zero-order valence-electron chi connectivity index (χ0n) is 7.65. The van der Waals surface area contributed by atoms with E-state index in [1.807, 2.05) is 0 Å². The molecule has 1 aliphatic rings. The molecule has 0 aromatic heterocycles. The molecule has 0 aliphatic heterocycles. The first-order valence-corrected chi connectivity index (χ1v) is 6.06. The Morgan fingerprint density at radius 3 is 2.00 bits per heavy atom. The molecular formula is C9H11IN2O2. The van der Waals surface area contributed by atoms with E-state index in [1.54, 1.807) is 12.2 Å². The number of halogens is 1. The lowest BCUT2D eigenvalue weighted by atomic mass is 9.82. The van der Waals surface area contributed by atoms with E-state index >= 15 is 0 Å². The largest absolute Gasteiger partial charge is 0.235 e. The maximum atomic E-state index is 10.2. The van der Waals surface area contributed by atoms with Crippen LogP contribution in [0.2, 0.25) is 0 Å². The van der Waals surface area contributed by atoms with Gasteiger partial charge in [-0.05, 0) is 19.3 Å². The van der Waals surface area contributed by atoms with E-state index < -0.39 is 0 Å². The van der Waals surface area contributed by atoms with Crippen LogP contribution in [0.15, 0.2) is 9.98 Å². The third-order valence-corrected chi connectivity index (χ3v) is 3.62. The smallest absolute Gasteiger partial charge is 0.211 e. The molecule has 0 spiro atoms. The molecule has 0 aromatic rings. The molecule has 0 amide bonds. The molecule has 76 valence electrons. The van der Waals surface area contributed by atoms with E-state index in [-0.39, 0.29) is 18.0 Å². The zero-order valence-corrected chi connectivity index (χ0v) is 9.81. The van der Waals surface area contributed by atoms with Gasteiger partial charge in [-0.1, -0.05) is 22.6 Å². The number of hydrogen-bond donors (Lipinski definition) is 0. The summed E-state index contributed by atoms with van der Waals surface area (Å²) in [5, 5.41) is 0. The molecule has 0 radical (unpaired) electrons. The Morgan fingerprint density at radius 1 is 1.14 bits per heavy atom. The van der Waals surface area contributed by atoms with Gasteiger partial charge in [0, 0.05) is 10.3 Å². The van der Waals surface area contributed by atoms with Gasteiger partial charge in [0.15, 0.2) is 0 Å². The fourth-order valence-corrected chi connectivity index (χ4v) is 3.06. The minimum atomic E-state index is -0.0137. The number of alkyl halides is 1. The Morgan fingerprint density at radius 2 is 1.64 bits per heavy atom. The lowest BCUT2D eigenvalue weighted by molar-refractivity contribution is 0.297. The molecule has 0 aromatic carbocycles. The molecule has 1 rings (SSSR count). The lowest BCUT2D eigenvalue weighted by Crippen LogP contribution is -2.35. The average Bonchev–Trinajstić information content (AvgIpc) is 2.19. The van der Waals surface area contributed by atoms with Crippen LogP contribution in [0.5, 0.6) is 0 Å². The van der Waals surface area contributed by atoms with Crippen LogP contribution in [0.25, 0.3) is 0 Å². The van der Waals surface area contributed by atoms with Crippen molar-refractivity contribution in [3.8, 4) is 0 Å². The van der Waals surface area contributed by atoms with Gasteiger partial charge < -0.3 is 0 Å². The molecule has 14 heavy (non-hydrogen) atoms. The van der Waals surface area contributed by atoms with Crippen molar-refractivity contribution in [2.75, 3.05) is 4.43 Å². The fraction of sp³-hybridized carbons (Fsp3) is 0.778. The molecule has 2 atom stereocenters. The Balaban J connectivity index is 2.78. The number of hydrogen-bond acceptors (Lipinski definition) is 4. The van der Waals surface area contributed by atoms with Gasteiger partial charge in [0.25, 0.3) is 0 Å². The first kappa shape index (κ1) is 11.6. The van der Waals surface area contributed by atoms with Gasteiger partial charge in [-0.15, -0.1) is 0 Å². The maximum absolute atomic E-state index is 10.2. The van der Waals surface area contributed by atoms with Crippen LogP contribution in [-0.4, -0.2) is 28.7 Å². The van der Waals surface area contributed by atoms with Gasteiger partial charge in [0.2, 0.25) is 12.2 Å². The normalized spacial score (nSPS) is 31.4. The van der Waals surface area contributed by atoms with Gasteiger partial charge >= 0.3 is 0 Å². The number of nitrogens with zero attached hydrogens (tertiary/aromatic N) is 2. The van der Waals surface area contributed by atoms with Crippen molar-refractivity contribution >= 4 is 34.8 Å². The summed E-state index contributed by atoms with van der Waals surface area (Å²) in [6, 6.07) is -0.0273. The lowest BCUT2D eigenvalue weighted by Gasteiger charge is -2.30. The van der Waals surface area contributed by atoms with E-state index in [9.17, 15) is 9.59 Å². The summed E-state index contributed by atoms with van der Waals surface area (Å²) < 4.78 is 0.851. The molecule has 0 bridgehead atoms. The Kier molecular flexibility index (Phi) is 5.01. The summed E-state index contributed by atoms with van der Waals surface area (Å²) in [5.41, 5.74) is 0. The minimum absolute atomic E-state index is 0.0137. The van der Waals surface area contributed by atoms with Crippen LogP contribution in [0.3, 0.4) is 0 Å². The molecule has 0 N–H and O–H groups in total. The molecule has 1 saturated carbocycles. The maximum Gasteiger partial charge on any atom is 0.235 e. The first-order chi connectivity index (χ1) is 6.83. The summed E-state index contributed by atoms with van der Waals surface area (Å²) in [5.74, 6) is 0.187. The molecule has 1 aliphatic carbocycles. The van der Waals surface area contributed by atoms with Gasteiger partial charge in [0.05, 0.1) is 12.1 Å². The molecular weight excluding hydrogens is 295 g/mol. The second-order valence-corrected chi connectivity index (χ2v) is 4.21. The Labute approximate surface area is 96.0 Å². The van der Waals surface area contributed by atoms with Crippen molar-refractivity contribution in [1.29, 1.82) is 0 Å². The third kappa shape index (κ3) is 2.74. The second kappa shape index (κ2) is 6.06. The number of carbonyl (C=O) groups excluding carboxylic acids is 2. The van der Waals surface area contributed by atoms with E-state index in [4.69, 9.17) is 0 Å². The highest BCUT2D eigenvalue weighted by atomic mass is 127. The van der Waals surface area contributed by atoms with E-state index in [0.29, 0.717) is 0 Å². The van der Waals surface area contributed by atoms with E-state index in [1.165, 1.54) is 0 Å². The molecule has 0 heterocycles.